The molecule has 0 bridgehead atoms. The lowest BCUT2D eigenvalue weighted by molar-refractivity contribution is 0.519. The van der Waals surface area contributed by atoms with Gasteiger partial charge in [0, 0.05) is 12.2 Å². The average molecular weight is 267 g/mol. The van der Waals surface area contributed by atoms with E-state index in [0.717, 1.165) is 19.4 Å². The average Bonchev–Trinajstić information content (AvgIpc) is 2.49. The first-order valence-electron chi connectivity index (χ1n) is 7.06. The fourth-order valence-corrected chi connectivity index (χ4v) is 2.73. The summed E-state index contributed by atoms with van der Waals surface area (Å²) in [6, 6.07) is 17.3. The van der Waals surface area contributed by atoms with Crippen LogP contribution in [0.25, 0.3) is 6.08 Å². The summed E-state index contributed by atoms with van der Waals surface area (Å²) in [7, 11) is 0. The van der Waals surface area contributed by atoms with E-state index < -0.39 is 0 Å². The molecule has 1 fully saturated rings. The van der Waals surface area contributed by atoms with Gasteiger partial charge in [0.2, 0.25) is 0 Å². The molecule has 102 valence electrons. The van der Waals surface area contributed by atoms with Gasteiger partial charge >= 0.3 is 0 Å². The predicted octanol–water partition coefficient (Wildman–Crippen LogP) is 4.33. The second-order valence-corrected chi connectivity index (χ2v) is 5.25. The van der Waals surface area contributed by atoms with Gasteiger partial charge in [0.15, 0.2) is 0 Å². The quantitative estimate of drug-likeness (QED) is 0.853. The Kier molecular flexibility index (Phi) is 3.82. The number of nitrogens with one attached hydrogen (secondary N) is 1. The maximum absolute atomic E-state index is 13.0. The maximum atomic E-state index is 13.0. The number of benzene rings is 2. The highest BCUT2D eigenvalue weighted by atomic mass is 19.1. The zero-order valence-corrected chi connectivity index (χ0v) is 11.4. The predicted molar refractivity (Wildman–Crippen MR) is 80.8 cm³/mol. The molecule has 3 rings (SSSR count). The largest absolute Gasteiger partial charge is 0.388 e. The molecule has 0 aliphatic carbocycles. The van der Waals surface area contributed by atoms with Crippen molar-refractivity contribution in [2.45, 2.75) is 18.8 Å². The molecule has 2 aromatic rings. The summed E-state index contributed by atoms with van der Waals surface area (Å²) >= 11 is 0. The Morgan fingerprint density at radius 3 is 2.50 bits per heavy atom. The van der Waals surface area contributed by atoms with Crippen molar-refractivity contribution in [1.82, 2.24) is 5.32 Å². The second kappa shape index (κ2) is 5.91. The van der Waals surface area contributed by atoms with Crippen LogP contribution in [-0.2, 0) is 0 Å². The van der Waals surface area contributed by atoms with Crippen LogP contribution in [0.1, 0.15) is 29.9 Å². The van der Waals surface area contributed by atoms with Gasteiger partial charge in [0.25, 0.3) is 0 Å². The first-order valence-corrected chi connectivity index (χ1v) is 7.06. The van der Waals surface area contributed by atoms with Crippen LogP contribution in [0.4, 0.5) is 4.39 Å². The van der Waals surface area contributed by atoms with Gasteiger partial charge in [0.1, 0.15) is 5.82 Å². The molecule has 1 nitrogen and oxygen atoms in total. The highest BCUT2D eigenvalue weighted by molar-refractivity contribution is 5.52. The summed E-state index contributed by atoms with van der Waals surface area (Å²) in [5, 5.41) is 3.47. The van der Waals surface area contributed by atoms with E-state index in [2.05, 4.69) is 23.5 Å². The molecule has 1 N–H and O–H groups in total. The van der Waals surface area contributed by atoms with Gasteiger partial charge in [-0.25, -0.2) is 4.39 Å². The Balaban J connectivity index is 1.76. The number of allylic oxidation sites excluding steroid dienone is 1. The van der Waals surface area contributed by atoms with Crippen LogP contribution < -0.4 is 5.32 Å². The van der Waals surface area contributed by atoms with Gasteiger partial charge in [-0.15, -0.1) is 0 Å². The van der Waals surface area contributed by atoms with E-state index >= 15 is 0 Å². The molecule has 0 aromatic heterocycles. The first-order chi connectivity index (χ1) is 9.81. The molecule has 1 unspecified atom stereocenters. The van der Waals surface area contributed by atoms with Crippen molar-refractivity contribution in [3.8, 4) is 0 Å². The van der Waals surface area contributed by atoms with E-state index in [1.807, 2.05) is 30.3 Å². The fraction of sp³-hybridized carbons (Fsp3) is 0.222. The summed E-state index contributed by atoms with van der Waals surface area (Å²) in [6.45, 7) is 0.973. The number of hydrogen-bond acceptors (Lipinski definition) is 1. The summed E-state index contributed by atoms with van der Waals surface area (Å²) in [5.74, 6) is 0.314. The Morgan fingerprint density at radius 2 is 1.75 bits per heavy atom. The van der Waals surface area contributed by atoms with E-state index in [4.69, 9.17) is 0 Å². The normalized spacial score (nSPS) is 20.6. The van der Waals surface area contributed by atoms with Crippen molar-refractivity contribution in [2.24, 2.45) is 0 Å². The molecule has 0 saturated carbocycles. The van der Waals surface area contributed by atoms with Gasteiger partial charge < -0.3 is 5.32 Å². The molecule has 1 atom stereocenters. The zero-order valence-electron chi connectivity index (χ0n) is 11.4. The number of halogens is 1. The van der Waals surface area contributed by atoms with Crippen molar-refractivity contribution in [1.29, 1.82) is 0 Å². The molecule has 2 aromatic carbocycles. The molecule has 2 heteroatoms. The Labute approximate surface area is 119 Å². The summed E-state index contributed by atoms with van der Waals surface area (Å²) in [6.07, 6.45) is 4.29. The topological polar surface area (TPSA) is 12.0 Å². The first kappa shape index (κ1) is 12.9. The van der Waals surface area contributed by atoms with Crippen molar-refractivity contribution in [3.63, 3.8) is 0 Å². The standard InChI is InChI=1S/C18H18FN/c19-17-8-6-15(7-9-17)16-10-11-20-18(13-16)12-14-4-2-1-3-5-14/h1-9,12,16,20H,10-11,13H2. The monoisotopic (exact) mass is 267 g/mol. The van der Waals surface area contributed by atoms with Gasteiger partial charge in [-0.3, -0.25) is 0 Å². The molecule has 20 heavy (non-hydrogen) atoms. The van der Waals surface area contributed by atoms with Crippen LogP contribution in [0.2, 0.25) is 0 Å². The van der Waals surface area contributed by atoms with E-state index in [-0.39, 0.29) is 5.82 Å². The third kappa shape index (κ3) is 3.08. The van der Waals surface area contributed by atoms with Crippen LogP contribution >= 0.6 is 0 Å². The molecule has 0 spiro atoms. The Hall–Kier alpha value is -2.09. The van der Waals surface area contributed by atoms with E-state index in [1.165, 1.54) is 16.8 Å². The molecular formula is C18H18FN. The molecule has 0 radical (unpaired) electrons. The molecule has 1 aliphatic heterocycles. The Morgan fingerprint density at radius 1 is 1.00 bits per heavy atom. The molecular weight excluding hydrogens is 249 g/mol. The van der Waals surface area contributed by atoms with E-state index in [0.29, 0.717) is 5.92 Å². The Bertz CT molecular complexity index is 587. The minimum atomic E-state index is -0.164. The highest BCUT2D eigenvalue weighted by Gasteiger charge is 2.18. The van der Waals surface area contributed by atoms with E-state index in [9.17, 15) is 4.39 Å². The van der Waals surface area contributed by atoms with Gasteiger partial charge in [-0.05, 0) is 48.1 Å². The van der Waals surface area contributed by atoms with Crippen LogP contribution in [0, 0.1) is 5.82 Å². The van der Waals surface area contributed by atoms with Crippen LogP contribution in [0.3, 0.4) is 0 Å². The number of hydrogen-bond donors (Lipinski definition) is 1. The minimum absolute atomic E-state index is 0.164. The zero-order chi connectivity index (χ0) is 13.8. The SMILES string of the molecule is Fc1ccc(C2CCNC(=Cc3ccccc3)C2)cc1. The lowest BCUT2D eigenvalue weighted by atomic mass is 9.88. The molecule has 0 amide bonds. The van der Waals surface area contributed by atoms with Crippen LogP contribution in [-0.4, -0.2) is 6.54 Å². The third-order valence-electron chi connectivity index (χ3n) is 3.79. The van der Waals surface area contributed by atoms with E-state index in [1.54, 1.807) is 12.1 Å². The summed E-state index contributed by atoms with van der Waals surface area (Å²) in [5.41, 5.74) is 3.71. The fourth-order valence-electron chi connectivity index (χ4n) is 2.73. The van der Waals surface area contributed by atoms with Crippen LogP contribution in [0.5, 0.6) is 0 Å². The van der Waals surface area contributed by atoms with Crippen molar-refractivity contribution in [2.75, 3.05) is 6.54 Å². The lowest BCUT2D eigenvalue weighted by Crippen LogP contribution is -2.24. The van der Waals surface area contributed by atoms with Crippen molar-refractivity contribution in [3.05, 3.63) is 77.2 Å². The smallest absolute Gasteiger partial charge is 0.123 e. The molecule has 1 heterocycles. The van der Waals surface area contributed by atoms with Crippen molar-refractivity contribution >= 4 is 6.08 Å². The number of piperidine rings is 1. The minimum Gasteiger partial charge on any atom is -0.388 e. The third-order valence-corrected chi connectivity index (χ3v) is 3.79. The molecule has 1 saturated heterocycles. The van der Waals surface area contributed by atoms with Gasteiger partial charge in [0.05, 0.1) is 0 Å². The number of rotatable bonds is 2. The highest BCUT2D eigenvalue weighted by Crippen LogP contribution is 2.30. The second-order valence-electron chi connectivity index (χ2n) is 5.25. The summed E-state index contributed by atoms with van der Waals surface area (Å²) in [4.78, 5) is 0. The summed E-state index contributed by atoms with van der Waals surface area (Å²) < 4.78 is 13.0. The van der Waals surface area contributed by atoms with Crippen LogP contribution in [0.15, 0.2) is 60.3 Å². The lowest BCUT2D eigenvalue weighted by Gasteiger charge is -2.26. The maximum Gasteiger partial charge on any atom is 0.123 e. The molecule has 1 aliphatic rings. The van der Waals surface area contributed by atoms with Gasteiger partial charge in [-0.1, -0.05) is 42.5 Å². The van der Waals surface area contributed by atoms with Gasteiger partial charge in [-0.2, -0.15) is 0 Å². The van der Waals surface area contributed by atoms with Crippen molar-refractivity contribution < 1.29 is 4.39 Å².